The van der Waals surface area contributed by atoms with Crippen LogP contribution in [-0.4, -0.2) is 24.9 Å². The Labute approximate surface area is 72.7 Å². The fourth-order valence-electron chi connectivity index (χ4n) is 0.192. The highest BCUT2D eigenvalue weighted by atomic mass is 19.4. The maximum absolute atomic E-state index is 11.6. The average molecular weight is 236 g/mol. The molecule has 88 valence electrons. The van der Waals surface area contributed by atoms with Crippen LogP contribution in [0.1, 0.15) is 6.92 Å². The van der Waals surface area contributed by atoms with Crippen LogP contribution in [0.3, 0.4) is 0 Å². The lowest BCUT2D eigenvalue weighted by molar-refractivity contribution is -0.255. The van der Waals surface area contributed by atoms with E-state index in [1.165, 1.54) is 0 Å². The van der Waals surface area contributed by atoms with E-state index in [2.05, 4.69) is 0 Å². The van der Waals surface area contributed by atoms with E-state index in [9.17, 15) is 39.5 Å². The zero-order valence-electron chi connectivity index (χ0n) is 6.56. The molecule has 14 heavy (non-hydrogen) atoms. The van der Waals surface area contributed by atoms with Gasteiger partial charge in [0.25, 0.3) is 0 Å². The van der Waals surface area contributed by atoms with Gasteiger partial charge in [-0.3, -0.25) is 0 Å². The third kappa shape index (κ3) is 5.92. The Morgan fingerprint density at radius 3 is 1.00 bits per heavy atom. The minimum atomic E-state index is -5.23. The van der Waals surface area contributed by atoms with E-state index in [0.29, 0.717) is 0 Å². The van der Waals surface area contributed by atoms with Gasteiger partial charge in [0.2, 0.25) is 0 Å². The first-order chi connectivity index (χ1) is 5.93. The predicted molar refractivity (Wildman–Crippen MR) is 28.7 cm³/mol. The topological polar surface area (TPSA) is 0 Å². The molecule has 0 aromatic carbocycles. The Balaban J connectivity index is 0. The summed E-state index contributed by atoms with van der Waals surface area (Å²) in [7, 11) is 0. The summed E-state index contributed by atoms with van der Waals surface area (Å²) in [4.78, 5) is 0. The van der Waals surface area contributed by atoms with Gasteiger partial charge in [-0.25, -0.2) is 8.78 Å². The minimum absolute atomic E-state index is 0.251. The monoisotopic (exact) mass is 236 g/mol. The predicted octanol–water partition coefficient (Wildman–Crippen LogP) is 3.72. The molecule has 0 saturated carbocycles. The van der Waals surface area contributed by atoms with Gasteiger partial charge in [0.05, 0.1) is 0 Å². The molecule has 9 heteroatoms. The molecule has 0 aromatic rings. The molecular formula is C5H5F9. The highest BCUT2D eigenvalue weighted by Gasteiger charge is 2.59. The molecule has 0 spiro atoms. The van der Waals surface area contributed by atoms with E-state index in [1.54, 1.807) is 0 Å². The van der Waals surface area contributed by atoms with Crippen molar-refractivity contribution in [3.8, 4) is 0 Å². The summed E-state index contributed by atoms with van der Waals surface area (Å²) >= 11 is 0. The van der Waals surface area contributed by atoms with Crippen LogP contribution in [0.5, 0.6) is 0 Å². The number of halogens is 9. The van der Waals surface area contributed by atoms with Gasteiger partial charge in [-0.1, -0.05) is 0 Å². The molecule has 0 aliphatic carbocycles. The first-order valence-electron chi connectivity index (χ1n) is 2.89. The van der Waals surface area contributed by atoms with Gasteiger partial charge in [0, 0.05) is 6.92 Å². The highest BCUT2D eigenvalue weighted by Crippen LogP contribution is 2.38. The molecule has 0 saturated heterocycles. The Kier molecular flexibility index (Phi) is 5.99. The maximum atomic E-state index is 11.6. The van der Waals surface area contributed by atoms with Crippen LogP contribution in [0.15, 0.2) is 0 Å². The second-order valence-electron chi connectivity index (χ2n) is 2.06. The smallest absolute Gasteiger partial charge is 0.203 e. The third-order valence-electron chi connectivity index (χ3n) is 0.859. The standard InChI is InChI=1S/C4H4F6.CHF3/c1-3(7,8)4(9,10)2(5)6;2-1(3)4/h2H,1H3;1H. The van der Waals surface area contributed by atoms with Crippen LogP contribution < -0.4 is 0 Å². The van der Waals surface area contributed by atoms with Crippen LogP contribution >= 0.6 is 0 Å². The first kappa shape index (κ1) is 15.8. The Morgan fingerprint density at radius 2 is 1.00 bits per heavy atom. The van der Waals surface area contributed by atoms with Crippen molar-refractivity contribution in [3.05, 3.63) is 0 Å². The van der Waals surface area contributed by atoms with Crippen molar-refractivity contribution in [2.24, 2.45) is 0 Å². The average Bonchev–Trinajstić information content (AvgIpc) is 1.82. The highest BCUT2D eigenvalue weighted by molar-refractivity contribution is 4.82. The molecule has 0 aliphatic heterocycles. The fourth-order valence-corrected chi connectivity index (χ4v) is 0.192. The van der Waals surface area contributed by atoms with Gasteiger partial charge in [-0.05, 0) is 0 Å². The quantitative estimate of drug-likeness (QED) is 0.641. The van der Waals surface area contributed by atoms with Gasteiger partial charge in [-0.15, -0.1) is 0 Å². The van der Waals surface area contributed by atoms with Crippen molar-refractivity contribution in [3.63, 3.8) is 0 Å². The molecule has 0 nitrogen and oxygen atoms in total. The van der Waals surface area contributed by atoms with Gasteiger partial charge in [0.15, 0.2) is 0 Å². The van der Waals surface area contributed by atoms with E-state index >= 15 is 0 Å². The second kappa shape index (κ2) is 5.30. The number of rotatable bonds is 2. The van der Waals surface area contributed by atoms with Crippen molar-refractivity contribution in [1.82, 2.24) is 0 Å². The van der Waals surface area contributed by atoms with Crippen LogP contribution in [-0.2, 0) is 0 Å². The summed E-state index contributed by atoms with van der Waals surface area (Å²) in [6.45, 7) is -3.92. The van der Waals surface area contributed by atoms with Gasteiger partial charge >= 0.3 is 24.9 Å². The Bertz CT molecular complexity index is 143. The van der Waals surface area contributed by atoms with E-state index in [-0.39, 0.29) is 6.92 Å². The molecule has 0 fully saturated rings. The van der Waals surface area contributed by atoms with Crippen LogP contribution in [0.2, 0.25) is 0 Å². The normalized spacial score (nSPS) is 12.9. The van der Waals surface area contributed by atoms with Gasteiger partial charge in [0.1, 0.15) is 0 Å². The van der Waals surface area contributed by atoms with Crippen molar-refractivity contribution in [2.75, 3.05) is 0 Å². The van der Waals surface area contributed by atoms with E-state index in [1.807, 2.05) is 0 Å². The first-order valence-corrected chi connectivity index (χ1v) is 2.89. The van der Waals surface area contributed by atoms with Crippen LogP contribution in [0.25, 0.3) is 0 Å². The Morgan fingerprint density at radius 1 is 0.786 bits per heavy atom. The minimum Gasteiger partial charge on any atom is -0.203 e. The van der Waals surface area contributed by atoms with Crippen molar-refractivity contribution < 1.29 is 39.5 Å². The molecule has 0 aromatic heterocycles. The molecule has 0 aliphatic rings. The lowest BCUT2D eigenvalue weighted by atomic mass is 10.2. The molecule has 0 amide bonds. The Hall–Kier alpha value is -0.630. The summed E-state index contributed by atoms with van der Waals surface area (Å²) in [5, 5.41) is 0. The second-order valence-corrected chi connectivity index (χ2v) is 2.06. The summed E-state index contributed by atoms with van der Waals surface area (Å²) in [6.07, 6.45) is -4.33. The zero-order valence-corrected chi connectivity index (χ0v) is 6.56. The van der Waals surface area contributed by atoms with Gasteiger partial charge in [-0.2, -0.15) is 30.7 Å². The molecule has 0 radical (unpaired) electrons. The summed E-state index contributed by atoms with van der Waals surface area (Å²) in [5.41, 5.74) is 0. The summed E-state index contributed by atoms with van der Waals surface area (Å²) in [5.74, 6) is -9.89. The lowest BCUT2D eigenvalue weighted by Gasteiger charge is -2.21. The SMILES string of the molecule is CC(F)(F)C(F)(F)C(F)F.FC(F)F. The molecule has 0 atom stereocenters. The summed E-state index contributed by atoms with van der Waals surface area (Å²) < 4.78 is 97.3. The molecular weight excluding hydrogens is 231 g/mol. The van der Waals surface area contributed by atoms with Crippen molar-refractivity contribution in [1.29, 1.82) is 0 Å². The summed E-state index contributed by atoms with van der Waals surface area (Å²) in [6, 6.07) is 0. The maximum Gasteiger partial charge on any atom is 0.379 e. The van der Waals surface area contributed by atoms with Crippen LogP contribution in [0, 0.1) is 0 Å². The molecule has 0 heterocycles. The molecule has 0 bridgehead atoms. The van der Waals surface area contributed by atoms with Crippen molar-refractivity contribution >= 4 is 0 Å². The third-order valence-corrected chi connectivity index (χ3v) is 0.859. The number of hydrogen-bond acceptors (Lipinski definition) is 0. The fraction of sp³-hybridized carbons (Fsp3) is 1.00. The van der Waals surface area contributed by atoms with Gasteiger partial charge < -0.3 is 0 Å². The molecule has 0 rings (SSSR count). The van der Waals surface area contributed by atoms with E-state index in [4.69, 9.17) is 0 Å². The molecule has 0 N–H and O–H groups in total. The largest absolute Gasteiger partial charge is 0.379 e. The van der Waals surface area contributed by atoms with E-state index < -0.39 is 24.9 Å². The molecule has 0 unspecified atom stereocenters. The van der Waals surface area contributed by atoms with Crippen LogP contribution in [0.4, 0.5) is 39.5 Å². The zero-order chi connectivity index (χ0) is 12.2. The van der Waals surface area contributed by atoms with E-state index in [0.717, 1.165) is 0 Å². The number of alkyl halides is 9. The number of hydrogen-bond donors (Lipinski definition) is 0. The van der Waals surface area contributed by atoms with Crippen molar-refractivity contribution in [2.45, 2.75) is 31.9 Å². The lowest BCUT2D eigenvalue weighted by Crippen LogP contribution is -2.43.